The fraction of sp³-hybridized carbons (Fsp3) is 0.786. The Morgan fingerprint density at radius 1 is 1.43 bits per heavy atom. The Kier molecular flexibility index (Phi) is 4.07. The lowest BCUT2D eigenvalue weighted by Gasteiger charge is -2.18. The van der Waals surface area contributed by atoms with Gasteiger partial charge in [-0.1, -0.05) is 13.8 Å². The first kappa shape index (κ1) is 15.0. The quantitative estimate of drug-likeness (QED) is 0.830. The molecule has 0 radical (unpaired) electrons. The van der Waals surface area contributed by atoms with Gasteiger partial charge in [0.25, 0.3) is 10.0 Å². The van der Waals surface area contributed by atoms with E-state index in [2.05, 4.69) is 29.4 Å². The summed E-state index contributed by atoms with van der Waals surface area (Å²) in [5, 5.41) is 10.2. The fourth-order valence-corrected chi connectivity index (χ4v) is 4.45. The lowest BCUT2D eigenvalue weighted by atomic mass is 9.96. The number of aromatic nitrogens is 2. The summed E-state index contributed by atoms with van der Waals surface area (Å²) < 4.78 is 27.1. The van der Waals surface area contributed by atoms with E-state index in [1.807, 2.05) is 0 Å². The second-order valence-electron chi connectivity index (χ2n) is 6.54. The topological polar surface area (TPSA) is 78.1 Å². The largest absolute Gasteiger partial charge is 0.310 e. The highest BCUT2D eigenvalue weighted by molar-refractivity contribution is 7.89. The van der Waals surface area contributed by atoms with Gasteiger partial charge in [-0.3, -0.25) is 5.10 Å². The average Bonchev–Trinajstić information content (AvgIpc) is 2.95. The predicted octanol–water partition coefficient (Wildman–Crippen LogP) is 1.33. The Bertz CT molecular complexity index is 592. The lowest BCUT2D eigenvalue weighted by molar-refractivity contribution is 0.388. The number of nitrogens with zero attached hydrogens (tertiary/aromatic N) is 2. The number of aromatic amines is 1. The van der Waals surface area contributed by atoms with Gasteiger partial charge in [-0.2, -0.15) is 9.40 Å². The molecule has 0 spiro atoms. The monoisotopic (exact) mass is 312 g/mol. The smallest absolute Gasteiger partial charge is 0.260 e. The van der Waals surface area contributed by atoms with Gasteiger partial charge in [0, 0.05) is 31.2 Å². The van der Waals surface area contributed by atoms with Crippen LogP contribution < -0.4 is 5.32 Å². The van der Waals surface area contributed by atoms with Crippen molar-refractivity contribution in [2.45, 2.75) is 50.7 Å². The molecule has 1 aliphatic heterocycles. The van der Waals surface area contributed by atoms with Gasteiger partial charge in [0.15, 0.2) is 5.03 Å². The number of nitrogens with one attached hydrogen (secondary N) is 2. The van der Waals surface area contributed by atoms with Crippen LogP contribution in [0.15, 0.2) is 11.2 Å². The van der Waals surface area contributed by atoms with E-state index in [1.165, 1.54) is 12.8 Å². The van der Waals surface area contributed by atoms with Gasteiger partial charge in [0.1, 0.15) is 0 Å². The Hall–Kier alpha value is -0.920. The molecule has 0 bridgehead atoms. The van der Waals surface area contributed by atoms with Gasteiger partial charge in [-0.15, -0.1) is 0 Å². The van der Waals surface area contributed by atoms with Crippen LogP contribution in [-0.4, -0.2) is 42.1 Å². The third kappa shape index (κ3) is 3.14. The summed E-state index contributed by atoms with van der Waals surface area (Å²) >= 11 is 0. The summed E-state index contributed by atoms with van der Waals surface area (Å²) in [7, 11) is -3.44. The van der Waals surface area contributed by atoms with Crippen LogP contribution in [0, 0.1) is 11.8 Å². The normalized spacial score (nSPS) is 24.0. The number of sulfonamides is 1. The second kappa shape index (κ2) is 5.70. The van der Waals surface area contributed by atoms with Crippen LogP contribution in [0.2, 0.25) is 0 Å². The molecule has 1 unspecified atom stereocenters. The van der Waals surface area contributed by atoms with Gasteiger partial charge in [0.05, 0.1) is 6.20 Å². The van der Waals surface area contributed by atoms with E-state index in [9.17, 15) is 8.42 Å². The van der Waals surface area contributed by atoms with Crippen molar-refractivity contribution in [3.05, 3.63) is 11.8 Å². The molecule has 1 saturated carbocycles. The molecule has 2 aliphatic rings. The summed E-state index contributed by atoms with van der Waals surface area (Å²) in [6, 6.07) is 0.549. The maximum atomic E-state index is 12.8. The molecule has 1 atom stereocenters. The number of rotatable bonds is 6. The van der Waals surface area contributed by atoms with Crippen LogP contribution in [0.25, 0.3) is 0 Å². The first-order chi connectivity index (χ1) is 9.98. The molecule has 0 amide bonds. The van der Waals surface area contributed by atoms with E-state index >= 15 is 0 Å². The Morgan fingerprint density at radius 2 is 2.19 bits per heavy atom. The molecule has 2 heterocycles. The molecule has 1 aliphatic carbocycles. The van der Waals surface area contributed by atoms with E-state index < -0.39 is 10.0 Å². The molecule has 2 fully saturated rings. The van der Waals surface area contributed by atoms with Gasteiger partial charge in [-0.25, -0.2) is 8.42 Å². The van der Waals surface area contributed by atoms with Crippen LogP contribution in [-0.2, 0) is 16.6 Å². The molecule has 1 aromatic heterocycles. The lowest BCUT2D eigenvalue weighted by Crippen LogP contribution is -2.31. The van der Waals surface area contributed by atoms with Crippen molar-refractivity contribution < 1.29 is 8.42 Å². The number of H-pyrrole nitrogens is 1. The second-order valence-corrected chi connectivity index (χ2v) is 8.41. The fourth-order valence-electron chi connectivity index (χ4n) is 2.84. The summed E-state index contributed by atoms with van der Waals surface area (Å²) in [5.41, 5.74) is 0.745. The Morgan fingerprint density at radius 3 is 2.81 bits per heavy atom. The van der Waals surface area contributed by atoms with Crippen LogP contribution in [0.3, 0.4) is 0 Å². The van der Waals surface area contributed by atoms with Crippen molar-refractivity contribution in [2.75, 3.05) is 13.1 Å². The van der Waals surface area contributed by atoms with Gasteiger partial charge >= 0.3 is 0 Å². The zero-order valence-corrected chi connectivity index (χ0v) is 13.5. The zero-order chi connectivity index (χ0) is 15.0. The molecule has 0 aromatic carbocycles. The maximum Gasteiger partial charge on any atom is 0.260 e. The maximum absolute atomic E-state index is 12.8. The molecule has 2 N–H and O–H groups in total. The van der Waals surface area contributed by atoms with E-state index in [0.29, 0.717) is 37.5 Å². The van der Waals surface area contributed by atoms with E-state index in [-0.39, 0.29) is 5.03 Å². The SMILES string of the molecule is CC(C)C1CCN(S(=O)(=O)c2[nH]ncc2CNC2CC2)C1. The highest BCUT2D eigenvalue weighted by atomic mass is 32.2. The number of hydrogen-bond donors (Lipinski definition) is 2. The minimum atomic E-state index is -3.44. The van der Waals surface area contributed by atoms with Crippen molar-refractivity contribution >= 4 is 10.0 Å². The zero-order valence-electron chi connectivity index (χ0n) is 12.7. The molecule has 118 valence electrons. The van der Waals surface area contributed by atoms with E-state index in [4.69, 9.17) is 0 Å². The first-order valence-corrected chi connectivity index (χ1v) is 9.18. The minimum Gasteiger partial charge on any atom is -0.310 e. The van der Waals surface area contributed by atoms with Crippen LogP contribution in [0.4, 0.5) is 0 Å². The third-order valence-corrected chi connectivity index (χ3v) is 6.45. The van der Waals surface area contributed by atoms with E-state index in [0.717, 1.165) is 12.0 Å². The minimum absolute atomic E-state index is 0.264. The van der Waals surface area contributed by atoms with Gasteiger partial charge in [-0.05, 0) is 31.1 Å². The van der Waals surface area contributed by atoms with Gasteiger partial charge < -0.3 is 5.32 Å². The summed E-state index contributed by atoms with van der Waals surface area (Å²) in [6.07, 6.45) is 4.93. The van der Waals surface area contributed by atoms with Crippen molar-refractivity contribution in [2.24, 2.45) is 11.8 Å². The molecule has 1 aromatic rings. The standard InChI is InChI=1S/C14H24N4O2S/c1-10(2)11-5-6-18(9-11)21(19,20)14-12(8-16-17-14)7-15-13-3-4-13/h8,10-11,13,15H,3-7,9H2,1-2H3,(H,16,17). The molecule has 1 saturated heterocycles. The molecule has 21 heavy (non-hydrogen) atoms. The van der Waals surface area contributed by atoms with Crippen LogP contribution >= 0.6 is 0 Å². The van der Waals surface area contributed by atoms with Crippen molar-refractivity contribution in [1.29, 1.82) is 0 Å². The highest BCUT2D eigenvalue weighted by Crippen LogP contribution is 2.29. The van der Waals surface area contributed by atoms with Crippen molar-refractivity contribution in [3.63, 3.8) is 0 Å². The molecule has 7 heteroatoms. The third-order valence-electron chi connectivity index (χ3n) is 4.56. The van der Waals surface area contributed by atoms with Gasteiger partial charge in [0.2, 0.25) is 0 Å². The highest BCUT2D eigenvalue weighted by Gasteiger charge is 2.36. The Balaban J connectivity index is 1.74. The average molecular weight is 312 g/mol. The molecular formula is C14H24N4O2S. The first-order valence-electron chi connectivity index (χ1n) is 7.74. The van der Waals surface area contributed by atoms with E-state index in [1.54, 1.807) is 10.5 Å². The predicted molar refractivity (Wildman–Crippen MR) is 80.2 cm³/mol. The molecular weight excluding hydrogens is 288 g/mol. The summed E-state index contributed by atoms with van der Waals surface area (Å²) in [6.45, 7) is 6.11. The van der Waals surface area contributed by atoms with Crippen LogP contribution in [0.5, 0.6) is 0 Å². The summed E-state index contributed by atoms with van der Waals surface area (Å²) in [5.74, 6) is 0.971. The van der Waals surface area contributed by atoms with Crippen LogP contribution in [0.1, 0.15) is 38.7 Å². The van der Waals surface area contributed by atoms with Crippen molar-refractivity contribution in [3.8, 4) is 0 Å². The number of hydrogen-bond acceptors (Lipinski definition) is 4. The Labute approximate surface area is 126 Å². The van der Waals surface area contributed by atoms with Crippen molar-refractivity contribution in [1.82, 2.24) is 19.8 Å². The molecule has 3 rings (SSSR count). The molecule has 6 nitrogen and oxygen atoms in total. The summed E-state index contributed by atoms with van der Waals surface area (Å²) in [4.78, 5) is 0.